The van der Waals surface area contributed by atoms with Crippen molar-refractivity contribution in [2.45, 2.75) is 26.3 Å². The number of rotatable bonds is 7. The number of anilines is 2. The number of nitrogens with zero attached hydrogens (tertiary/aromatic N) is 6. The van der Waals surface area contributed by atoms with Crippen LogP contribution in [0.1, 0.15) is 18.9 Å². The minimum atomic E-state index is 0.366. The minimum absolute atomic E-state index is 0.366. The molecule has 0 unspecified atom stereocenters. The zero-order valence-electron chi connectivity index (χ0n) is 15.2. The largest absolute Gasteiger partial charge is 0.382 e. The maximum absolute atomic E-state index is 6.18. The predicted molar refractivity (Wildman–Crippen MR) is 106 cm³/mol. The molecule has 138 valence electrons. The van der Waals surface area contributed by atoms with Crippen molar-refractivity contribution in [2.24, 2.45) is 0 Å². The zero-order chi connectivity index (χ0) is 18.6. The molecule has 3 N–H and O–H groups in total. The summed E-state index contributed by atoms with van der Waals surface area (Å²) in [5.74, 6) is 1.57. The van der Waals surface area contributed by atoms with Gasteiger partial charge in [0.25, 0.3) is 0 Å². The van der Waals surface area contributed by atoms with Crippen LogP contribution in [0.2, 0.25) is 0 Å². The second-order valence-electron chi connectivity index (χ2n) is 6.28. The molecule has 0 saturated carbocycles. The first kappa shape index (κ1) is 17.0. The summed E-state index contributed by atoms with van der Waals surface area (Å²) in [4.78, 5) is 13.7. The van der Waals surface area contributed by atoms with E-state index in [1.807, 2.05) is 35.0 Å². The molecule has 1 aromatic carbocycles. The molecule has 0 fully saturated rings. The normalized spacial score (nSPS) is 11.1. The van der Waals surface area contributed by atoms with Crippen molar-refractivity contribution in [3.8, 4) is 5.95 Å². The van der Waals surface area contributed by atoms with Crippen LogP contribution in [-0.2, 0) is 13.0 Å². The van der Waals surface area contributed by atoms with E-state index >= 15 is 0 Å². The van der Waals surface area contributed by atoms with Crippen LogP contribution in [0, 0.1) is 0 Å². The molecule has 0 bridgehead atoms. The Balaban J connectivity index is 1.64. The summed E-state index contributed by atoms with van der Waals surface area (Å²) >= 11 is 0. The Bertz CT molecular complexity index is 1020. The van der Waals surface area contributed by atoms with Gasteiger partial charge in [0.15, 0.2) is 17.0 Å². The van der Waals surface area contributed by atoms with Crippen molar-refractivity contribution in [3.05, 3.63) is 54.4 Å². The molecule has 3 aromatic heterocycles. The van der Waals surface area contributed by atoms with Gasteiger partial charge in [-0.05, 0) is 24.5 Å². The summed E-state index contributed by atoms with van der Waals surface area (Å²) in [6, 6.07) is 12.2. The molecule has 3 heterocycles. The Hall–Kier alpha value is -3.42. The van der Waals surface area contributed by atoms with Crippen LogP contribution in [0.3, 0.4) is 0 Å². The lowest BCUT2D eigenvalue weighted by Gasteiger charge is -2.08. The van der Waals surface area contributed by atoms with Crippen molar-refractivity contribution in [3.63, 3.8) is 0 Å². The second kappa shape index (κ2) is 7.45. The van der Waals surface area contributed by atoms with Crippen LogP contribution in [0.25, 0.3) is 17.1 Å². The monoisotopic (exact) mass is 362 g/mol. The van der Waals surface area contributed by atoms with Gasteiger partial charge in [-0.25, -0.2) is 9.67 Å². The number of nitrogens with one attached hydrogen (secondary N) is 1. The molecule has 0 spiro atoms. The molecule has 4 aromatic rings. The van der Waals surface area contributed by atoms with E-state index in [0.29, 0.717) is 23.2 Å². The molecule has 4 rings (SSSR count). The number of nitrogen functional groups attached to an aromatic ring is 1. The van der Waals surface area contributed by atoms with Crippen LogP contribution < -0.4 is 11.1 Å². The van der Waals surface area contributed by atoms with Gasteiger partial charge in [0, 0.05) is 25.5 Å². The van der Waals surface area contributed by atoms with Crippen LogP contribution in [0.15, 0.2) is 48.8 Å². The van der Waals surface area contributed by atoms with Gasteiger partial charge < -0.3 is 11.1 Å². The van der Waals surface area contributed by atoms with Gasteiger partial charge in [-0.2, -0.15) is 15.1 Å². The van der Waals surface area contributed by atoms with Gasteiger partial charge >= 0.3 is 0 Å². The van der Waals surface area contributed by atoms with E-state index in [1.165, 1.54) is 5.56 Å². The molecular formula is C19H22N8. The van der Waals surface area contributed by atoms with E-state index in [2.05, 4.69) is 44.4 Å². The fourth-order valence-electron chi connectivity index (χ4n) is 3.04. The van der Waals surface area contributed by atoms with Gasteiger partial charge in [-0.3, -0.25) is 4.57 Å². The quantitative estimate of drug-likeness (QED) is 0.524. The fraction of sp³-hybridized carbons (Fsp3) is 0.263. The SMILES string of the molecule is CCCn1c(-n2cccn2)nc2c(N)nc(NCCc3ccccc3)nc21. The molecule has 0 aliphatic heterocycles. The molecule has 0 radical (unpaired) electrons. The van der Waals surface area contributed by atoms with Crippen LogP contribution >= 0.6 is 0 Å². The van der Waals surface area contributed by atoms with Crippen LogP contribution in [0.4, 0.5) is 11.8 Å². The first-order chi connectivity index (χ1) is 13.3. The lowest BCUT2D eigenvalue weighted by atomic mass is 10.1. The van der Waals surface area contributed by atoms with Gasteiger partial charge in [0.1, 0.15) is 0 Å². The molecule has 0 aliphatic carbocycles. The fourth-order valence-corrected chi connectivity index (χ4v) is 3.04. The van der Waals surface area contributed by atoms with E-state index in [0.717, 1.165) is 31.6 Å². The Morgan fingerprint density at radius 2 is 1.93 bits per heavy atom. The number of fused-ring (bicyclic) bond motifs is 1. The highest BCUT2D eigenvalue weighted by Crippen LogP contribution is 2.23. The summed E-state index contributed by atoms with van der Waals surface area (Å²) in [5.41, 5.74) is 8.75. The number of imidazole rings is 1. The summed E-state index contributed by atoms with van der Waals surface area (Å²) in [5, 5.41) is 7.56. The highest BCUT2D eigenvalue weighted by Gasteiger charge is 2.17. The molecule has 0 aliphatic rings. The second-order valence-corrected chi connectivity index (χ2v) is 6.28. The van der Waals surface area contributed by atoms with Gasteiger partial charge in [-0.1, -0.05) is 37.3 Å². The number of nitrogens with two attached hydrogens (primary N) is 1. The number of benzene rings is 1. The topological polar surface area (TPSA) is 99.5 Å². The Morgan fingerprint density at radius 3 is 2.67 bits per heavy atom. The number of aryl methyl sites for hydroxylation is 1. The molecular weight excluding hydrogens is 340 g/mol. The van der Waals surface area contributed by atoms with Crippen molar-refractivity contribution in [2.75, 3.05) is 17.6 Å². The summed E-state index contributed by atoms with van der Waals surface area (Å²) in [6.07, 6.45) is 5.41. The van der Waals surface area contributed by atoms with E-state index < -0.39 is 0 Å². The molecule has 27 heavy (non-hydrogen) atoms. The van der Waals surface area contributed by atoms with Gasteiger partial charge in [0.2, 0.25) is 11.9 Å². The van der Waals surface area contributed by atoms with Crippen LogP contribution in [-0.4, -0.2) is 35.8 Å². The first-order valence-electron chi connectivity index (χ1n) is 9.08. The molecule has 8 heteroatoms. The Kier molecular flexibility index (Phi) is 4.69. The highest BCUT2D eigenvalue weighted by atomic mass is 15.4. The summed E-state index contributed by atoms with van der Waals surface area (Å²) in [7, 11) is 0. The van der Waals surface area contributed by atoms with Crippen molar-refractivity contribution < 1.29 is 0 Å². The third-order valence-corrected chi connectivity index (χ3v) is 4.30. The lowest BCUT2D eigenvalue weighted by Crippen LogP contribution is -2.11. The standard InChI is InChI=1S/C19H22N8/c1-2-12-26-17-15(23-19(26)27-13-6-10-22-27)16(20)24-18(25-17)21-11-9-14-7-4-3-5-8-14/h3-8,10,13H,2,9,11-12H2,1H3,(H3,20,21,24,25). The summed E-state index contributed by atoms with van der Waals surface area (Å²) < 4.78 is 3.75. The maximum Gasteiger partial charge on any atom is 0.233 e. The lowest BCUT2D eigenvalue weighted by molar-refractivity contribution is 0.647. The van der Waals surface area contributed by atoms with E-state index in [1.54, 1.807) is 10.9 Å². The summed E-state index contributed by atoms with van der Waals surface area (Å²) in [6.45, 7) is 3.61. The Labute approximate surface area is 157 Å². The van der Waals surface area contributed by atoms with Crippen molar-refractivity contribution in [1.29, 1.82) is 0 Å². The average molecular weight is 362 g/mol. The Morgan fingerprint density at radius 1 is 1.07 bits per heavy atom. The highest BCUT2D eigenvalue weighted by molar-refractivity contribution is 5.84. The predicted octanol–water partition coefficient (Wildman–Crippen LogP) is 2.66. The third kappa shape index (κ3) is 3.46. The molecule has 0 saturated heterocycles. The van der Waals surface area contributed by atoms with Gasteiger partial charge in [-0.15, -0.1) is 0 Å². The maximum atomic E-state index is 6.18. The van der Waals surface area contributed by atoms with Gasteiger partial charge in [0.05, 0.1) is 0 Å². The third-order valence-electron chi connectivity index (χ3n) is 4.30. The first-order valence-corrected chi connectivity index (χ1v) is 9.08. The number of hydrogen-bond acceptors (Lipinski definition) is 6. The van der Waals surface area contributed by atoms with Crippen molar-refractivity contribution in [1.82, 2.24) is 29.3 Å². The van der Waals surface area contributed by atoms with Crippen molar-refractivity contribution >= 4 is 22.9 Å². The number of aromatic nitrogens is 6. The molecule has 0 amide bonds. The minimum Gasteiger partial charge on any atom is -0.382 e. The van der Waals surface area contributed by atoms with Crippen LogP contribution in [0.5, 0.6) is 0 Å². The molecule has 0 atom stereocenters. The smallest absolute Gasteiger partial charge is 0.233 e. The van der Waals surface area contributed by atoms with E-state index in [-0.39, 0.29) is 0 Å². The number of hydrogen-bond donors (Lipinski definition) is 2. The van der Waals surface area contributed by atoms with E-state index in [4.69, 9.17) is 5.73 Å². The zero-order valence-corrected chi connectivity index (χ0v) is 15.2. The van der Waals surface area contributed by atoms with E-state index in [9.17, 15) is 0 Å². The average Bonchev–Trinajstić information content (AvgIpc) is 3.32. The molecule has 8 nitrogen and oxygen atoms in total.